The largest absolute Gasteiger partial charge is 0.466 e. The first kappa shape index (κ1) is 13.5. The Morgan fingerprint density at radius 2 is 2.11 bits per heavy atom. The third kappa shape index (κ3) is 3.79. The average Bonchev–Trinajstić information content (AvgIpc) is 2.82. The van der Waals surface area contributed by atoms with Crippen LogP contribution in [0, 0.1) is 6.92 Å². The van der Waals surface area contributed by atoms with Gasteiger partial charge in [-0.1, -0.05) is 0 Å². The van der Waals surface area contributed by atoms with Crippen LogP contribution in [0.25, 0.3) is 0 Å². The topological polar surface area (TPSA) is 68.2 Å². The molecule has 5 nitrogen and oxygen atoms in total. The van der Waals surface area contributed by atoms with Gasteiger partial charge in [-0.05, 0) is 31.7 Å². The monoisotopic (exact) mass is 260 g/mol. The van der Waals surface area contributed by atoms with Crippen LogP contribution in [0.4, 0.5) is 5.82 Å². The van der Waals surface area contributed by atoms with E-state index in [1.165, 1.54) is 0 Å². The minimum Gasteiger partial charge on any atom is -0.466 e. The summed E-state index contributed by atoms with van der Waals surface area (Å²) >= 11 is 0. The molecule has 0 bridgehead atoms. The first-order chi connectivity index (χ1) is 9.19. The fourth-order valence-corrected chi connectivity index (χ4v) is 1.86. The van der Waals surface area contributed by atoms with Crippen molar-refractivity contribution in [3.8, 4) is 0 Å². The van der Waals surface area contributed by atoms with Gasteiger partial charge in [-0.2, -0.15) is 0 Å². The molecule has 0 fully saturated rings. The van der Waals surface area contributed by atoms with Crippen LogP contribution in [-0.4, -0.2) is 30.1 Å². The van der Waals surface area contributed by atoms with E-state index in [0.717, 1.165) is 36.1 Å². The molecule has 2 heterocycles. The van der Waals surface area contributed by atoms with E-state index in [-0.39, 0.29) is 0 Å². The molecule has 0 aliphatic heterocycles. The van der Waals surface area contributed by atoms with Crippen molar-refractivity contribution in [3.05, 3.63) is 41.7 Å². The van der Waals surface area contributed by atoms with Gasteiger partial charge in [0.05, 0.1) is 0 Å². The number of furan rings is 1. The number of rotatable bonds is 6. The molecule has 0 amide bonds. The molecule has 0 atom stereocenters. The highest BCUT2D eigenvalue weighted by Crippen LogP contribution is 2.11. The molecule has 2 aromatic rings. The molecule has 0 aliphatic carbocycles. The van der Waals surface area contributed by atoms with Gasteiger partial charge in [0, 0.05) is 32.6 Å². The van der Waals surface area contributed by atoms with E-state index in [0.29, 0.717) is 13.0 Å². The van der Waals surface area contributed by atoms with E-state index >= 15 is 0 Å². The molecule has 0 radical (unpaired) electrons. The molecule has 2 rings (SSSR count). The van der Waals surface area contributed by atoms with Crippen molar-refractivity contribution >= 4 is 5.82 Å². The standard InChI is InChI=1S/C14H20N4O/c1-11-3-4-12(19-11)7-10-18(2)14-6-9-16-13(17-14)5-8-15/h3-4,6,9H,5,7-8,10,15H2,1-2H3. The second-order valence-corrected chi connectivity index (χ2v) is 4.55. The van der Waals surface area contributed by atoms with Gasteiger partial charge in [-0.25, -0.2) is 9.97 Å². The maximum atomic E-state index is 5.56. The van der Waals surface area contributed by atoms with Crippen molar-refractivity contribution in [1.29, 1.82) is 0 Å². The van der Waals surface area contributed by atoms with Gasteiger partial charge in [-0.3, -0.25) is 0 Å². The lowest BCUT2D eigenvalue weighted by Gasteiger charge is -2.17. The normalized spacial score (nSPS) is 10.7. The first-order valence-corrected chi connectivity index (χ1v) is 6.47. The third-order valence-corrected chi connectivity index (χ3v) is 2.94. The Kier molecular flexibility index (Phi) is 4.52. The number of hydrogen-bond donors (Lipinski definition) is 1. The highest BCUT2D eigenvalue weighted by atomic mass is 16.3. The quantitative estimate of drug-likeness (QED) is 0.853. The van der Waals surface area contributed by atoms with E-state index in [1.54, 1.807) is 6.20 Å². The summed E-state index contributed by atoms with van der Waals surface area (Å²) < 4.78 is 5.56. The van der Waals surface area contributed by atoms with Crippen LogP contribution >= 0.6 is 0 Å². The number of anilines is 1. The highest BCUT2D eigenvalue weighted by Gasteiger charge is 2.06. The highest BCUT2D eigenvalue weighted by molar-refractivity contribution is 5.36. The van der Waals surface area contributed by atoms with Crippen LogP contribution in [-0.2, 0) is 12.8 Å². The van der Waals surface area contributed by atoms with E-state index < -0.39 is 0 Å². The molecule has 0 saturated carbocycles. The van der Waals surface area contributed by atoms with Crippen LogP contribution in [0.15, 0.2) is 28.8 Å². The van der Waals surface area contributed by atoms with Crippen LogP contribution in [0.5, 0.6) is 0 Å². The Bertz CT molecular complexity index is 524. The molecule has 0 saturated heterocycles. The summed E-state index contributed by atoms with van der Waals surface area (Å²) in [7, 11) is 2.02. The maximum Gasteiger partial charge on any atom is 0.131 e. The minimum absolute atomic E-state index is 0.568. The SMILES string of the molecule is Cc1ccc(CCN(C)c2ccnc(CCN)n2)o1. The van der Waals surface area contributed by atoms with Crippen LogP contribution in [0.3, 0.4) is 0 Å². The Labute approximate surface area is 113 Å². The molecule has 2 aromatic heterocycles. The fraction of sp³-hybridized carbons (Fsp3) is 0.429. The molecule has 0 aromatic carbocycles. The number of aromatic nitrogens is 2. The summed E-state index contributed by atoms with van der Waals surface area (Å²) in [5.41, 5.74) is 5.52. The molecule has 2 N–H and O–H groups in total. The maximum absolute atomic E-state index is 5.56. The number of aryl methyl sites for hydroxylation is 1. The molecular weight excluding hydrogens is 240 g/mol. The van der Waals surface area contributed by atoms with Gasteiger partial charge < -0.3 is 15.1 Å². The van der Waals surface area contributed by atoms with Gasteiger partial charge in [-0.15, -0.1) is 0 Å². The lowest BCUT2D eigenvalue weighted by atomic mass is 10.3. The summed E-state index contributed by atoms with van der Waals surface area (Å²) in [6.45, 7) is 3.38. The molecule has 5 heteroatoms. The Morgan fingerprint density at radius 3 is 2.79 bits per heavy atom. The number of nitrogens with zero attached hydrogens (tertiary/aromatic N) is 3. The van der Waals surface area contributed by atoms with Crippen molar-refractivity contribution in [2.45, 2.75) is 19.8 Å². The summed E-state index contributed by atoms with van der Waals surface area (Å²) in [6.07, 6.45) is 3.35. The van der Waals surface area contributed by atoms with E-state index in [1.807, 2.05) is 32.2 Å². The first-order valence-electron chi connectivity index (χ1n) is 6.47. The Hall–Kier alpha value is -1.88. The number of likely N-dealkylation sites (N-methyl/N-ethyl adjacent to an activating group) is 1. The molecule has 102 valence electrons. The number of hydrogen-bond acceptors (Lipinski definition) is 5. The Balaban J connectivity index is 1.95. The van der Waals surface area contributed by atoms with Crippen LogP contribution < -0.4 is 10.6 Å². The van der Waals surface area contributed by atoms with Crippen molar-refractivity contribution in [1.82, 2.24) is 9.97 Å². The van der Waals surface area contributed by atoms with Gasteiger partial charge >= 0.3 is 0 Å². The van der Waals surface area contributed by atoms with Gasteiger partial charge in [0.25, 0.3) is 0 Å². The fourth-order valence-electron chi connectivity index (χ4n) is 1.86. The predicted molar refractivity (Wildman–Crippen MR) is 75.2 cm³/mol. The zero-order valence-electron chi connectivity index (χ0n) is 11.5. The lowest BCUT2D eigenvalue weighted by molar-refractivity contribution is 0.483. The minimum atomic E-state index is 0.568. The van der Waals surface area contributed by atoms with Crippen molar-refractivity contribution in [2.24, 2.45) is 5.73 Å². The van der Waals surface area contributed by atoms with Gasteiger partial charge in [0.1, 0.15) is 23.2 Å². The van der Waals surface area contributed by atoms with Crippen molar-refractivity contribution < 1.29 is 4.42 Å². The van der Waals surface area contributed by atoms with E-state index in [9.17, 15) is 0 Å². The zero-order chi connectivity index (χ0) is 13.7. The molecule has 0 aliphatic rings. The van der Waals surface area contributed by atoms with Crippen LogP contribution in [0.1, 0.15) is 17.3 Å². The van der Waals surface area contributed by atoms with Crippen LogP contribution in [0.2, 0.25) is 0 Å². The van der Waals surface area contributed by atoms with Crippen molar-refractivity contribution in [2.75, 3.05) is 25.0 Å². The summed E-state index contributed by atoms with van der Waals surface area (Å²) in [6, 6.07) is 5.91. The zero-order valence-corrected chi connectivity index (χ0v) is 11.5. The van der Waals surface area contributed by atoms with E-state index in [2.05, 4.69) is 14.9 Å². The summed E-state index contributed by atoms with van der Waals surface area (Å²) in [5, 5.41) is 0. The van der Waals surface area contributed by atoms with Gasteiger partial charge in [0.2, 0.25) is 0 Å². The second-order valence-electron chi connectivity index (χ2n) is 4.55. The second kappa shape index (κ2) is 6.33. The molecular formula is C14H20N4O. The number of nitrogens with two attached hydrogens (primary N) is 1. The van der Waals surface area contributed by atoms with Crippen molar-refractivity contribution in [3.63, 3.8) is 0 Å². The van der Waals surface area contributed by atoms with Gasteiger partial charge in [0.15, 0.2) is 0 Å². The van der Waals surface area contributed by atoms with E-state index in [4.69, 9.17) is 10.2 Å². The molecule has 0 spiro atoms. The smallest absolute Gasteiger partial charge is 0.131 e. The lowest BCUT2D eigenvalue weighted by Crippen LogP contribution is -2.22. The summed E-state index contributed by atoms with van der Waals surface area (Å²) in [4.78, 5) is 10.8. The predicted octanol–water partition coefficient (Wildman–Crippen LogP) is 1.56. The summed E-state index contributed by atoms with van der Waals surface area (Å²) in [5.74, 6) is 3.66. The third-order valence-electron chi connectivity index (χ3n) is 2.94. The Morgan fingerprint density at radius 1 is 1.26 bits per heavy atom. The molecule has 0 unspecified atom stereocenters. The average molecular weight is 260 g/mol. The molecule has 19 heavy (non-hydrogen) atoms.